The van der Waals surface area contributed by atoms with Crippen LogP contribution in [0.25, 0.3) is 0 Å². The van der Waals surface area contributed by atoms with Crippen LogP contribution in [0.1, 0.15) is 16.8 Å². The Labute approximate surface area is 131 Å². The van der Waals surface area contributed by atoms with E-state index in [-0.39, 0.29) is 5.56 Å². The lowest BCUT2D eigenvalue weighted by atomic mass is 10.2. The molecule has 0 unspecified atom stereocenters. The van der Waals surface area contributed by atoms with Gasteiger partial charge in [-0.2, -0.15) is 0 Å². The number of carboxylic acid groups (broad SMARTS) is 1. The highest BCUT2D eigenvalue weighted by Crippen LogP contribution is 2.18. The first-order valence-corrected chi connectivity index (χ1v) is 7.26. The summed E-state index contributed by atoms with van der Waals surface area (Å²) >= 11 is 3.21. The summed E-state index contributed by atoms with van der Waals surface area (Å²) < 4.78 is 6.19. The molecule has 0 fully saturated rings. The molecule has 21 heavy (non-hydrogen) atoms. The SMILES string of the molecule is O=C(O)c1cc(Br)cnc1NCCCOc1ccccc1. The predicted molar refractivity (Wildman–Crippen MR) is 83.9 cm³/mol. The van der Waals surface area contributed by atoms with Gasteiger partial charge in [0.2, 0.25) is 0 Å². The Kier molecular flexibility index (Phi) is 5.57. The number of anilines is 1. The Morgan fingerprint density at radius 1 is 1.33 bits per heavy atom. The lowest BCUT2D eigenvalue weighted by Gasteiger charge is -2.09. The van der Waals surface area contributed by atoms with E-state index < -0.39 is 5.97 Å². The maximum Gasteiger partial charge on any atom is 0.339 e. The number of ether oxygens (including phenoxy) is 1. The summed E-state index contributed by atoms with van der Waals surface area (Å²) in [6.07, 6.45) is 2.31. The fraction of sp³-hybridized carbons (Fsp3) is 0.200. The van der Waals surface area contributed by atoms with Gasteiger partial charge in [0.25, 0.3) is 0 Å². The lowest BCUT2D eigenvalue weighted by molar-refractivity contribution is 0.0697. The molecule has 0 aliphatic rings. The summed E-state index contributed by atoms with van der Waals surface area (Å²) in [5.41, 5.74) is 0.147. The number of para-hydroxylation sites is 1. The van der Waals surface area contributed by atoms with Crippen molar-refractivity contribution in [1.29, 1.82) is 0 Å². The van der Waals surface area contributed by atoms with Crippen molar-refractivity contribution in [2.45, 2.75) is 6.42 Å². The number of pyridine rings is 1. The smallest absolute Gasteiger partial charge is 0.339 e. The van der Waals surface area contributed by atoms with Gasteiger partial charge in [-0.25, -0.2) is 9.78 Å². The summed E-state index contributed by atoms with van der Waals surface area (Å²) in [4.78, 5) is 15.2. The first-order chi connectivity index (χ1) is 10.2. The maximum absolute atomic E-state index is 11.1. The third-order valence-electron chi connectivity index (χ3n) is 2.71. The molecule has 2 rings (SSSR count). The molecule has 0 aliphatic carbocycles. The van der Waals surface area contributed by atoms with Crippen molar-refractivity contribution in [3.05, 3.63) is 52.6 Å². The van der Waals surface area contributed by atoms with Gasteiger partial charge in [0.05, 0.1) is 6.61 Å². The number of benzene rings is 1. The highest BCUT2D eigenvalue weighted by molar-refractivity contribution is 9.10. The Morgan fingerprint density at radius 2 is 2.10 bits per heavy atom. The summed E-state index contributed by atoms with van der Waals surface area (Å²) in [7, 11) is 0. The normalized spacial score (nSPS) is 10.1. The first kappa shape index (κ1) is 15.3. The molecule has 5 nitrogen and oxygen atoms in total. The van der Waals surface area contributed by atoms with Crippen molar-refractivity contribution in [2.75, 3.05) is 18.5 Å². The minimum Gasteiger partial charge on any atom is -0.494 e. The molecule has 1 heterocycles. The van der Waals surface area contributed by atoms with Gasteiger partial charge in [-0.1, -0.05) is 18.2 Å². The molecule has 0 bridgehead atoms. The van der Waals surface area contributed by atoms with E-state index in [1.54, 1.807) is 6.20 Å². The third-order valence-corrected chi connectivity index (χ3v) is 3.14. The first-order valence-electron chi connectivity index (χ1n) is 6.47. The summed E-state index contributed by atoms with van der Waals surface area (Å²) in [6.45, 7) is 1.14. The van der Waals surface area contributed by atoms with Gasteiger partial charge < -0.3 is 15.2 Å². The number of nitrogens with zero attached hydrogens (tertiary/aromatic N) is 1. The van der Waals surface area contributed by atoms with E-state index >= 15 is 0 Å². The van der Waals surface area contributed by atoms with Crippen molar-refractivity contribution in [1.82, 2.24) is 4.98 Å². The number of carbonyl (C=O) groups is 1. The minimum absolute atomic E-state index is 0.147. The van der Waals surface area contributed by atoms with Crippen LogP contribution in [0.5, 0.6) is 5.75 Å². The predicted octanol–water partition coefficient (Wildman–Crippen LogP) is 3.42. The summed E-state index contributed by atoms with van der Waals surface area (Å²) in [6, 6.07) is 11.1. The maximum atomic E-state index is 11.1. The Balaban J connectivity index is 1.80. The minimum atomic E-state index is -1.01. The molecule has 2 N–H and O–H groups in total. The average Bonchev–Trinajstić information content (AvgIpc) is 2.49. The molecule has 1 aromatic heterocycles. The topological polar surface area (TPSA) is 71.5 Å². The third kappa shape index (κ3) is 4.75. The number of aromatic nitrogens is 1. The molecule has 0 spiro atoms. The molecule has 0 radical (unpaired) electrons. The van der Waals surface area contributed by atoms with Crippen molar-refractivity contribution in [3.63, 3.8) is 0 Å². The zero-order valence-corrected chi connectivity index (χ0v) is 12.8. The van der Waals surface area contributed by atoms with Gasteiger partial charge in [0.15, 0.2) is 0 Å². The van der Waals surface area contributed by atoms with E-state index in [0.717, 1.165) is 12.2 Å². The van der Waals surface area contributed by atoms with Gasteiger partial charge in [-0.05, 0) is 40.5 Å². The lowest BCUT2D eigenvalue weighted by Crippen LogP contribution is -2.12. The fourth-order valence-corrected chi connectivity index (χ4v) is 2.06. The summed E-state index contributed by atoms with van der Waals surface area (Å²) in [5.74, 6) is 0.183. The average molecular weight is 351 g/mol. The van der Waals surface area contributed by atoms with E-state index in [1.165, 1.54) is 6.07 Å². The Bertz CT molecular complexity index is 605. The number of hydrogen-bond acceptors (Lipinski definition) is 4. The number of hydrogen-bond donors (Lipinski definition) is 2. The quantitative estimate of drug-likeness (QED) is 0.748. The zero-order valence-electron chi connectivity index (χ0n) is 11.3. The molecule has 1 aromatic carbocycles. The molecular weight excluding hydrogens is 336 g/mol. The van der Waals surface area contributed by atoms with Crippen LogP contribution >= 0.6 is 15.9 Å². The number of rotatable bonds is 7. The Morgan fingerprint density at radius 3 is 2.81 bits per heavy atom. The van der Waals surface area contributed by atoms with Crippen LogP contribution in [0.3, 0.4) is 0 Å². The van der Waals surface area contributed by atoms with Crippen LogP contribution in [0.2, 0.25) is 0 Å². The molecule has 0 saturated carbocycles. The fourth-order valence-electron chi connectivity index (χ4n) is 1.73. The van der Waals surface area contributed by atoms with Crippen molar-refractivity contribution >= 4 is 27.7 Å². The van der Waals surface area contributed by atoms with Crippen LogP contribution in [0.15, 0.2) is 47.1 Å². The second-order valence-electron chi connectivity index (χ2n) is 4.30. The van der Waals surface area contributed by atoms with E-state index in [1.807, 2.05) is 30.3 Å². The van der Waals surface area contributed by atoms with Crippen LogP contribution < -0.4 is 10.1 Å². The number of carboxylic acids is 1. The molecule has 2 aromatic rings. The van der Waals surface area contributed by atoms with E-state index in [0.29, 0.717) is 23.4 Å². The highest BCUT2D eigenvalue weighted by atomic mass is 79.9. The van der Waals surface area contributed by atoms with E-state index in [2.05, 4.69) is 26.2 Å². The molecule has 0 saturated heterocycles. The largest absolute Gasteiger partial charge is 0.494 e. The van der Waals surface area contributed by atoms with Gasteiger partial charge in [-0.3, -0.25) is 0 Å². The number of halogens is 1. The van der Waals surface area contributed by atoms with Crippen molar-refractivity contribution in [2.24, 2.45) is 0 Å². The Hall–Kier alpha value is -2.08. The van der Waals surface area contributed by atoms with Gasteiger partial charge in [0, 0.05) is 17.2 Å². The second kappa shape index (κ2) is 7.64. The van der Waals surface area contributed by atoms with E-state index in [4.69, 9.17) is 9.84 Å². The van der Waals surface area contributed by atoms with Gasteiger partial charge >= 0.3 is 5.97 Å². The second-order valence-corrected chi connectivity index (χ2v) is 5.21. The highest BCUT2D eigenvalue weighted by Gasteiger charge is 2.11. The van der Waals surface area contributed by atoms with Crippen LogP contribution in [-0.2, 0) is 0 Å². The number of aromatic carboxylic acids is 1. The molecule has 0 aliphatic heterocycles. The monoisotopic (exact) mass is 350 g/mol. The molecule has 0 atom stereocenters. The van der Waals surface area contributed by atoms with Gasteiger partial charge in [0.1, 0.15) is 17.1 Å². The molecular formula is C15H15BrN2O3. The zero-order chi connectivity index (χ0) is 15.1. The van der Waals surface area contributed by atoms with Crippen LogP contribution in [0, 0.1) is 0 Å². The molecule has 6 heteroatoms. The van der Waals surface area contributed by atoms with Crippen molar-refractivity contribution < 1.29 is 14.6 Å². The van der Waals surface area contributed by atoms with Crippen LogP contribution in [-0.4, -0.2) is 29.2 Å². The molecule has 0 amide bonds. The summed E-state index contributed by atoms with van der Waals surface area (Å²) in [5, 5.41) is 12.1. The van der Waals surface area contributed by atoms with Crippen molar-refractivity contribution in [3.8, 4) is 5.75 Å². The standard InChI is InChI=1S/C15H15BrN2O3/c16-11-9-13(15(19)20)14(18-10-11)17-7-4-8-21-12-5-2-1-3-6-12/h1-3,5-6,9-10H,4,7-8H2,(H,17,18)(H,19,20). The van der Waals surface area contributed by atoms with Crippen LogP contribution in [0.4, 0.5) is 5.82 Å². The van der Waals surface area contributed by atoms with E-state index in [9.17, 15) is 4.79 Å². The number of nitrogens with one attached hydrogen (secondary N) is 1. The molecule has 110 valence electrons. The van der Waals surface area contributed by atoms with Gasteiger partial charge in [-0.15, -0.1) is 0 Å².